The smallest absolute Gasteiger partial charge is 0.0343 e. The van der Waals surface area contributed by atoms with Crippen molar-refractivity contribution in [1.29, 1.82) is 0 Å². The van der Waals surface area contributed by atoms with Gasteiger partial charge in [-0.3, -0.25) is 0 Å². The third-order valence-corrected chi connectivity index (χ3v) is 5.14. The molecule has 0 aliphatic heterocycles. The van der Waals surface area contributed by atoms with Crippen LogP contribution in [0.4, 0.5) is 0 Å². The van der Waals surface area contributed by atoms with Crippen LogP contribution in [0.25, 0.3) is 0 Å². The molecule has 21 heavy (non-hydrogen) atoms. The van der Waals surface area contributed by atoms with Gasteiger partial charge < -0.3 is 10.2 Å². The second-order valence-corrected chi connectivity index (χ2v) is 7.80. The number of hydrogen-bond acceptors (Lipinski definition) is 2. The van der Waals surface area contributed by atoms with Gasteiger partial charge in [-0.05, 0) is 50.5 Å². The first kappa shape index (κ1) is 18.7. The molecule has 0 amide bonds. The molecule has 1 rings (SSSR count). The predicted molar refractivity (Wildman–Crippen MR) is 96.7 cm³/mol. The molecule has 0 saturated carbocycles. The average molecular weight is 355 g/mol. The molecule has 0 aliphatic rings. The SMILES string of the molecule is CCNC(CCN(C)C(C)C(C)(C)C)c1ccccc1Br. The molecule has 2 unspecified atom stereocenters. The Labute approximate surface area is 139 Å². The lowest BCUT2D eigenvalue weighted by Gasteiger charge is -2.36. The highest BCUT2D eigenvalue weighted by Gasteiger charge is 2.24. The van der Waals surface area contributed by atoms with E-state index in [1.807, 2.05) is 0 Å². The number of rotatable bonds is 7. The Bertz CT molecular complexity index is 425. The van der Waals surface area contributed by atoms with Gasteiger partial charge in [0.05, 0.1) is 0 Å². The number of hydrogen-bond donors (Lipinski definition) is 1. The van der Waals surface area contributed by atoms with E-state index in [9.17, 15) is 0 Å². The van der Waals surface area contributed by atoms with Gasteiger partial charge in [0.15, 0.2) is 0 Å². The molecule has 0 spiro atoms. The summed E-state index contributed by atoms with van der Waals surface area (Å²) in [6, 6.07) is 9.50. The van der Waals surface area contributed by atoms with Gasteiger partial charge in [-0.1, -0.05) is 61.8 Å². The van der Waals surface area contributed by atoms with Crippen LogP contribution in [0.1, 0.15) is 52.6 Å². The number of nitrogens with zero attached hydrogens (tertiary/aromatic N) is 1. The summed E-state index contributed by atoms with van der Waals surface area (Å²) in [4.78, 5) is 2.47. The van der Waals surface area contributed by atoms with Gasteiger partial charge in [0.2, 0.25) is 0 Å². The van der Waals surface area contributed by atoms with E-state index < -0.39 is 0 Å². The normalized spacial score (nSPS) is 15.2. The maximum atomic E-state index is 3.68. The molecule has 120 valence electrons. The minimum Gasteiger partial charge on any atom is -0.310 e. The average Bonchev–Trinajstić information content (AvgIpc) is 2.42. The predicted octanol–water partition coefficient (Wildman–Crippen LogP) is 4.86. The lowest BCUT2D eigenvalue weighted by atomic mass is 9.87. The molecule has 0 saturated heterocycles. The lowest BCUT2D eigenvalue weighted by Crippen LogP contribution is -2.40. The fraction of sp³-hybridized carbons (Fsp3) is 0.667. The zero-order valence-corrected chi connectivity index (χ0v) is 16.0. The van der Waals surface area contributed by atoms with Crippen LogP contribution < -0.4 is 5.32 Å². The van der Waals surface area contributed by atoms with Crippen LogP contribution in [0.2, 0.25) is 0 Å². The Balaban J connectivity index is 2.70. The molecular weight excluding hydrogens is 324 g/mol. The quantitative estimate of drug-likeness (QED) is 0.752. The summed E-state index contributed by atoms with van der Waals surface area (Å²) in [7, 11) is 2.24. The summed E-state index contributed by atoms with van der Waals surface area (Å²) in [6.45, 7) is 13.5. The van der Waals surface area contributed by atoms with Crippen molar-refractivity contribution < 1.29 is 0 Å². The summed E-state index contributed by atoms with van der Waals surface area (Å²) >= 11 is 3.68. The molecule has 1 N–H and O–H groups in total. The second-order valence-electron chi connectivity index (χ2n) is 6.94. The summed E-state index contributed by atoms with van der Waals surface area (Å²) < 4.78 is 1.20. The number of nitrogens with one attached hydrogen (secondary N) is 1. The molecule has 0 bridgehead atoms. The monoisotopic (exact) mass is 354 g/mol. The van der Waals surface area contributed by atoms with Crippen molar-refractivity contribution in [3.63, 3.8) is 0 Å². The van der Waals surface area contributed by atoms with Crippen molar-refractivity contribution in [2.45, 2.75) is 53.1 Å². The van der Waals surface area contributed by atoms with E-state index in [2.05, 4.69) is 92.1 Å². The molecule has 1 aromatic carbocycles. The van der Waals surface area contributed by atoms with Crippen LogP contribution in [0.3, 0.4) is 0 Å². The molecule has 1 aromatic rings. The zero-order chi connectivity index (χ0) is 16.0. The van der Waals surface area contributed by atoms with Crippen molar-refractivity contribution >= 4 is 15.9 Å². The topological polar surface area (TPSA) is 15.3 Å². The van der Waals surface area contributed by atoms with Gasteiger partial charge in [-0.2, -0.15) is 0 Å². The van der Waals surface area contributed by atoms with E-state index in [0.717, 1.165) is 19.5 Å². The Kier molecular flexibility index (Phi) is 7.38. The summed E-state index contributed by atoms with van der Waals surface area (Å²) in [5.74, 6) is 0. The van der Waals surface area contributed by atoms with E-state index in [4.69, 9.17) is 0 Å². The highest BCUT2D eigenvalue weighted by molar-refractivity contribution is 9.10. The number of halogens is 1. The standard InChI is InChI=1S/C18H31BrN2/c1-7-20-17(15-10-8-9-11-16(15)19)12-13-21(6)14(2)18(3,4)5/h8-11,14,17,20H,7,12-13H2,1-6H3. The highest BCUT2D eigenvalue weighted by atomic mass is 79.9. The van der Waals surface area contributed by atoms with Crippen molar-refractivity contribution in [2.75, 3.05) is 20.1 Å². The summed E-state index contributed by atoms with van der Waals surface area (Å²) in [5, 5.41) is 3.62. The fourth-order valence-electron chi connectivity index (χ4n) is 2.56. The van der Waals surface area contributed by atoms with E-state index in [1.165, 1.54) is 10.0 Å². The molecule has 0 heterocycles. The maximum Gasteiger partial charge on any atom is 0.0343 e. The van der Waals surface area contributed by atoms with E-state index in [-0.39, 0.29) is 0 Å². The van der Waals surface area contributed by atoms with E-state index >= 15 is 0 Å². The number of benzene rings is 1. The van der Waals surface area contributed by atoms with Crippen molar-refractivity contribution in [2.24, 2.45) is 5.41 Å². The van der Waals surface area contributed by atoms with Crippen molar-refractivity contribution in [3.8, 4) is 0 Å². The minimum atomic E-state index is 0.315. The Hall–Kier alpha value is -0.380. The van der Waals surface area contributed by atoms with Crippen molar-refractivity contribution in [3.05, 3.63) is 34.3 Å². The third-order valence-electron chi connectivity index (χ3n) is 4.42. The Morgan fingerprint density at radius 1 is 1.24 bits per heavy atom. The maximum absolute atomic E-state index is 3.68. The van der Waals surface area contributed by atoms with Gasteiger partial charge in [-0.15, -0.1) is 0 Å². The minimum absolute atomic E-state index is 0.315. The van der Waals surface area contributed by atoms with Crippen LogP contribution in [-0.4, -0.2) is 31.1 Å². The molecule has 2 nitrogen and oxygen atoms in total. The lowest BCUT2D eigenvalue weighted by molar-refractivity contribution is 0.136. The highest BCUT2D eigenvalue weighted by Crippen LogP contribution is 2.27. The van der Waals surface area contributed by atoms with Gasteiger partial charge in [0.1, 0.15) is 0 Å². The van der Waals surface area contributed by atoms with Crippen LogP contribution in [0.15, 0.2) is 28.7 Å². The van der Waals surface area contributed by atoms with Gasteiger partial charge in [0, 0.05) is 16.6 Å². The fourth-order valence-corrected chi connectivity index (χ4v) is 3.12. The first-order valence-electron chi connectivity index (χ1n) is 7.95. The van der Waals surface area contributed by atoms with E-state index in [0.29, 0.717) is 17.5 Å². The molecule has 0 aliphatic carbocycles. The molecule has 0 aromatic heterocycles. The van der Waals surface area contributed by atoms with Crippen LogP contribution in [-0.2, 0) is 0 Å². The van der Waals surface area contributed by atoms with Gasteiger partial charge in [-0.25, -0.2) is 0 Å². The zero-order valence-electron chi connectivity index (χ0n) is 14.4. The van der Waals surface area contributed by atoms with Crippen LogP contribution in [0, 0.1) is 5.41 Å². The molecular formula is C18H31BrN2. The first-order valence-corrected chi connectivity index (χ1v) is 8.74. The van der Waals surface area contributed by atoms with Gasteiger partial charge >= 0.3 is 0 Å². The molecule has 0 fully saturated rings. The molecule has 0 radical (unpaired) electrons. The summed E-state index contributed by atoms with van der Waals surface area (Å²) in [6.07, 6.45) is 1.12. The van der Waals surface area contributed by atoms with Crippen LogP contribution >= 0.6 is 15.9 Å². The largest absolute Gasteiger partial charge is 0.310 e. The molecule has 3 heteroatoms. The Morgan fingerprint density at radius 2 is 1.86 bits per heavy atom. The summed E-state index contributed by atoms with van der Waals surface area (Å²) in [5.41, 5.74) is 1.67. The molecule has 2 atom stereocenters. The second kappa shape index (κ2) is 8.30. The Morgan fingerprint density at radius 3 is 2.38 bits per heavy atom. The van der Waals surface area contributed by atoms with Crippen molar-refractivity contribution in [1.82, 2.24) is 10.2 Å². The third kappa shape index (κ3) is 5.72. The first-order chi connectivity index (χ1) is 9.77. The van der Waals surface area contributed by atoms with Crippen LogP contribution in [0.5, 0.6) is 0 Å². The van der Waals surface area contributed by atoms with E-state index in [1.54, 1.807) is 0 Å². The van der Waals surface area contributed by atoms with Gasteiger partial charge in [0.25, 0.3) is 0 Å².